The van der Waals surface area contributed by atoms with Crippen LogP contribution in [-0.4, -0.2) is 19.5 Å². The first-order chi connectivity index (χ1) is 10.1. The van der Waals surface area contributed by atoms with Gasteiger partial charge in [-0.05, 0) is 50.1 Å². The number of thiocarbonyl (C=S) groups is 1. The smallest absolute Gasteiger partial charge is 0.152 e. The van der Waals surface area contributed by atoms with Gasteiger partial charge in [0.15, 0.2) is 5.82 Å². The fourth-order valence-corrected chi connectivity index (χ4v) is 3.45. The van der Waals surface area contributed by atoms with Crippen molar-refractivity contribution < 1.29 is 0 Å². The number of imidazole rings is 1. The maximum Gasteiger partial charge on any atom is 0.152 e. The van der Waals surface area contributed by atoms with Gasteiger partial charge in [0.1, 0.15) is 5.82 Å². The van der Waals surface area contributed by atoms with E-state index in [-0.39, 0.29) is 0 Å². The Kier molecular flexibility index (Phi) is 4.05. The highest BCUT2D eigenvalue weighted by atomic mass is 79.9. The molecule has 0 amide bonds. The number of hydrogen-bond donors (Lipinski definition) is 1. The lowest BCUT2D eigenvalue weighted by Gasteiger charge is -2.10. The number of halogens is 2. The molecular weight excluding hydrogens is 416 g/mol. The van der Waals surface area contributed by atoms with Crippen LogP contribution in [0.3, 0.4) is 0 Å². The van der Waals surface area contributed by atoms with Crippen LogP contribution in [0.25, 0.3) is 16.9 Å². The Morgan fingerprint density at radius 1 is 1.29 bits per heavy atom. The zero-order valence-electron chi connectivity index (χ0n) is 10.8. The van der Waals surface area contributed by atoms with Crippen LogP contribution in [0.1, 0.15) is 5.82 Å². The molecule has 3 rings (SSSR count). The number of para-hydroxylation sites is 2. The van der Waals surface area contributed by atoms with E-state index >= 15 is 0 Å². The van der Waals surface area contributed by atoms with Gasteiger partial charge in [0.05, 0.1) is 26.9 Å². The molecule has 106 valence electrons. The lowest BCUT2D eigenvalue weighted by Crippen LogP contribution is -2.15. The van der Waals surface area contributed by atoms with Crippen LogP contribution in [0, 0.1) is 0 Å². The molecule has 3 aromatic rings. The van der Waals surface area contributed by atoms with Crippen molar-refractivity contribution in [2.75, 3.05) is 0 Å². The van der Waals surface area contributed by atoms with Gasteiger partial charge >= 0.3 is 0 Å². The van der Waals surface area contributed by atoms with E-state index in [0.717, 1.165) is 31.6 Å². The van der Waals surface area contributed by atoms with Crippen molar-refractivity contribution in [1.82, 2.24) is 14.5 Å². The molecule has 0 aliphatic rings. The summed E-state index contributed by atoms with van der Waals surface area (Å²) in [4.78, 5) is 9.50. The highest BCUT2D eigenvalue weighted by Crippen LogP contribution is 2.27. The van der Waals surface area contributed by atoms with Crippen LogP contribution in [0.5, 0.6) is 0 Å². The lowest BCUT2D eigenvalue weighted by molar-refractivity contribution is 0.925. The largest absolute Gasteiger partial charge is 0.393 e. The molecule has 0 saturated heterocycles. The van der Waals surface area contributed by atoms with Gasteiger partial charge in [-0.15, -0.1) is 0 Å². The van der Waals surface area contributed by atoms with Crippen molar-refractivity contribution in [3.05, 3.63) is 51.3 Å². The fraction of sp³-hybridized carbons (Fsp3) is 0.0714. The van der Waals surface area contributed by atoms with E-state index in [1.165, 1.54) is 0 Å². The van der Waals surface area contributed by atoms with Crippen molar-refractivity contribution in [1.29, 1.82) is 0 Å². The van der Waals surface area contributed by atoms with E-state index in [1.807, 2.05) is 34.9 Å². The van der Waals surface area contributed by atoms with Gasteiger partial charge in [-0.1, -0.05) is 24.4 Å². The molecule has 0 spiro atoms. The van der Waals surface area contributed by atoms with Gasteiger partial charge in [0, 0.05) is 10.7 Å². The molecule has 0 atom stereocenters. The third-order valence-electron chi connectivity index (χ3n) is 2.96. The topological polar surface area (TPSA) is 56.7 Å². The van der Waals surface area contributed by atoms with Crippen molar-refractivity contribution in [3.8, 4) is 5.82 Å². The standard InChI is InChI=1S/C14H10Br2N4S/c15-8-5-9(16)14(18-7-8)20-11-4-2-1-3-10(11)19-13(20)6-12(17)21/h1-5,7H,6H2,(H2,17,21). The fourth-order valence-electron chi connectivity index (χ4n) is 2.16. The average Bonchev–Trinajstić information content (AvgIpc) is 2.76. The van der Waals surface area contributed by atoms with Gasteiger partial charge in [-0.2, -0.15) is 0 Å². The minimum Gasteiger partial charge on any atom is -0.393 e. The van der Waals surface area contributed by atoms with Crippen molar-refractivity contribution in [3.63, 3.8) is 0 Å². The van der Waals surface area contributed by atoms with Crippen LogP contribution >= 0.6 is 44.1 Å². The number of nitrogens with zero attached hydrogens (tertiary/aromatic N) is 3. The van der Waals surface area contributed by atoms with E-state index in [1.54, 1.807) is 6.20 Å². The van der Waals surface area contributed by atoms with Gasteiger partial charge in [-0.25, -0.2) is 9.97 Å². The molecule has 2 aromatic heterocycles. The summed E-state index contributed by atoms with van der Waals surface area (Å²) in [5.41, 5.74) is 7.55. The minimum atomic E-state index is 0.403. The van der Waals surface area contributed by atoms with Crippen molar-refractivity contribution in [2.45, 2.75) is 6.42 Å². The Morgan fingerprint density at radius 2 is 2.05 bits per heavy atom. The van der Waals surface area contributed by atoms with Crippen LogP contribution in [0.2, 0.25) is 0 Å². The quantitative estimate of drug-likeness (QED) is 0.649. The molecule has 4 nitrogen and oxygen atoms in total. The molecule has 0 fully saturated rings. The van der Waals surface area contributed by atoms with E-state index in [0.29, 0.717) is 11.4 Å². The monoisotopic (exact) mass is 424 g/mol. The van der Waals surface area contributed by atoms with Crippen LogP contribution < -0.4 is 5.73 Å². The Labute approximate surface area is 143 Å². The van der Waals surface area contributed by atoms with E-state index in [2.05, 4.69) is 41.8 Å². The zero-order valence-corrected chi connectivity index (χ0v) is 14.7. The third kappa shape index (κ3) is 2.86. The Morgan fingerprint density at radius 3 is 2.76 bits per heavy atom. The SMILES string of the molecule is NC(=S)Cc1nc2ccccc2n1-c1ncc(Br)cc1Br. The normalized spacial score (nSPS) is 11.0. The summed E-state index contributed by atoms with van der Waals surface area (Å²) in [6.45, 7) is 0. The van der Waals surface area contributed by atoms with Crippen molar-refractivity contribution in [2.24, 2.45) is 5.73 Å². The molecule has 7 heteroatoms. The number of fused-ring (bicyclic) bond motifs is 1. The van der Waals surface area contributed by atoms with Crippen LogP contribution in [0.4, 0.5) is 0 Å². The molecule has 0 aliphatic carbocycles. The summed E-state index contributed by atoms with van der Waals surface area (Å²) in [6.07, 6.45) is 2.17. The first-order valence-corrected chi connectivity index (χ1v) is 8.12. The number of aromatic nitrogens is 3. The zero-order chi connectivity index (χ0) is 15.0. The predicted molar refractivity (Wildman–Crippen MR) is 94.8 cm³/mol. The van der Waals surface area contributed by atoms with Gasteiger partial charge in [0.2, 0.25) is 0 Å². The Balaban J connectivity index is 2.30. The molecule has 2 heterocycles. The molecule has 0 aliphatic heterocycles. The van der Waals surface area contributed by atoms with Gasteiger partial charge in [-0.3, -0.25) is 4.57 Å². The molecule has 0 saturated carbocycles. The molecular formula is C14H10Br2N4S. The number of nitrogens with two attached hydrogens (primary N) is 1. The highest BCUT2D eigenvalue weighted by Gasteiger charge is 2.16. The Hall–Kier alpha value is -1.31. The summed E-state index contributed by atoms with van der Waals surface area (Å²) < 4.78 is 3.74. The molecule has 0 unspecified atom stereocenters. The summed E-state index contributed by atoms with van der Waals surface area (Å²) >= 11 is 12.0. The second-order valence-corrected chi connectivity index (χ2v) is 6.75. The molecule has 2 N–H and O–H groups in total. The highest BCUT2D eigenvalue weighted by molar-refractivity contribution is 9.11. The van der Waals surface area contributed by atoms with Crippen LogP contribution in [-0.2, 0) is 6.42 Å². The predicted octanol–water partition coefficient (Wildman–Crippen LogP) is 3.77. The van der Waals surface area contributed by atoms with E-state index in [9.17, 15) is 0 Å². The third-order valence-corrected chi connectivity index (χ3v) is 4.12. The van der Waals surface area contributed by atoms with Crippen LogP contribution in [0.15, 0.2) is 45.5 Å². The minimum absolute atomic E-state index is 0.403. The molecule has 21 heavy (non-hydrogen) atoms. The number of hydrogen-bond acceptors (Lipinski definition) is 3. The second-order valence-electron chi connectivity index (χ2n) is 4.45. The number of rotatable bonds is 3. The Bertz CT molecular complexity index is 844. The summed E-state index contributed by atoms with van der Waals surface area (Å²) in [7, 11) is 0. The maximum atomic E-state index is 5.69. The molecule has 0 radical (unpaired) electrons. The average molecular weight is 426 g/mol. The summed E-state index contributed by atoms with van der Waals surface area (Å²) in [5.74, 6) is 1.54. The first kappa shape index (κ1) is 14.6. The van der Waals surface area contributed by atoms with Gasteiger partial charge in [0.25, 0.3) is 0 Å². The lowest BCUT2D eigenvalue weighted by atomic mass is 10.3. The number of benzene rings is 1. The summed E-state index contributed by atoms with van der Waals surface area (Å²) in [6, 6.07) is 9.83. The first-order valence-electron chi connectivity index (χ1n) is 6.12. The van der Waals surface area contributed by atoms with Crippen molar-refractivity contribution >= 4 is 60.1 Å². The van der Waals surface area contributed by atoms with E-state index < -0.39 is 0 Å². The molecule has 0 bridgehead atoms. The van der Waals surface area contributed by atoms with E-state index in [4.69, 9.17) is 18.0 Å². The molecule has 1 aromatic carbocycles. The summed E-state index contributed by atoms with van der Waals surface area (Å²) in [5, 5.41) is 0. The maximum absolute atomic E-state index is 5.69. The van der Waals surface area contributed by atoms with Gasteiger partial charge < -0.3 is 5.73 Å². The second kappa shape index (κ2) is 5.82. The number of pyridine rings is 1.